The molecule has 1 aliphatic heterocycles. The van der Waals surface area contributed by atoms with Crippen molar-refractivity contribution in [3.05, 3.63) is 22.8 Å². The number of fused-ring (bicyclic) bond motifs is 1. The maximum atomic E-state index is 5.77. The van der Waals surface area contributed by atoms with E-state index in [9.17, 15) is 0 Å². The molecule has 3 nitrogen and oxygen atoms in total. The molecule has 13 heavy (non-hydrogen) atoms. The summed E-state index contributed by atoms with van der Waals surface area (Å²) in [5.41, 5.74) is 1.06. The van der Waals surface area contributed by atoms with Gasteiger partial charge in [0.05, 0.1) is 0 Å². The van der Waals surface area contributed by atoms with E-state index < -0.39 is 0 Å². The van der Waals surface area contributed by atoms with Crippen molar-refractivity contribution in [1.82, 2.24) is 10.3 Å². The minimum Gasteiger partial charge on any atom is -0.473 e. The van der Waals surface area contributed by atoms with Gasteiger partial charge in [0.15, 0.2) is 0 Å². The van der Waals surface area contributed by atoms with E-state index in [1.165, 1.54) is 0 Å². The smallest absolute Gasteiger partial charge is 0.219 e. The van der Waals surface area contributed by atoms with Crippen molar-refractivity contribution in [3.63, 3.8) is 0 Å². The Morgan fingerprint density at radius 3 is 3.31 bits per heavy atom. The van der Waals surface area contributed by atoms with Gasteiger partial charge in [-0.2, -0.15) is 0 Å². The van der Waals surface area contributed by atoms with Gasteiger partial charge >= 0.3 is 0 Å². The molecule has 1 aliphatic rings. The molecule has 0 aliphatic carbocycles. The summed E-state index contributed by atoms with van der Waals surface area (Å²) in [5.74, 6) is 0.657. The van der Waals surface area contributed by atoms with Gasteiger partial charge in [0.2, 0.25) is 5.88 Å². The highest BCUT2D eigenvalue weighted by molar-refractivity contribution is 6.29. The predicted molar refractivity (Wildman–Crippen MR) is 51.0 cm³/mol. The minimum atomic E-state index is 0.146. The molecule has 2 rings (SSSR count). The quantitative estimate of drug-likeness (QED) is 0.644. The number of ether oxygens (including phenoxy) is 1. The van der Waals surface area contributed by atoms with Gasteiger partial charge < -0.3 is 10.1 Å². The zero-order chi connectivity index (χ0) is 9.26. The second kappa shape index (κ2) is 3.52. The molecule has 2 heterocycles. The first-order valence-electron chi connectivity index (χ1n) is 4.28. The number of nitrogens with one attached hydrogen (secondary N) is 1. The van der Waals surface area contributed by atoms with Crippen LogP contribution in [0.2, 0.25) is 5.15 Å². The Morgan fingerprint density at radius 2 is 2.46 bits per heavy atom. The Labute approximate surface area is 82.1 Å². The van der Waals surface area contributed by atoms with Crippen LogP contribution < -0.4 is 10.1 Å². The largest absolute Gasteiger partial charge is 0.473 e. The molecule has 0 saturated carbocycles. The predicted octanol–water partition coefficient (Wildman–Crippen LogP) is 1.61. The minimum absolute atomic E-state index is 0.146. The second-order valence-corrected chi connectivity index (χ2v) is 3.54. The summed E-state index contributed by atoms with van der Waals surface area (Å²) in [7, 11) is 0. The van der Waals surface area contributed by atoms with E-state index in [-0.39, 0.29) is 6.10 Å². The van der Waals surface area contributed by atoms with Crippen LogP contribution in [0, 0.1) is 0 Å². The summed E-state index contributed by atoms with van der Waals surface area (Å²) in [6, 6.07) is 3.72. The van der Waals surface area contributed by atoms with E-state index in [1.54, 1.807) is 6.07 Å². The molecule has 1 unspecified atom stereocenters. The summed E-state index contributed by atoms with van der Waals surface area (Å²) in [6.07, 6.45) is 0.146. The molecule has 0 aromatic carbocycles. The van der Waals surface area contributed by atoms with Gasteiger partial charge in [-0.1, -0.05) is 11.6 Å². The third-order valence-corrected chi connectivity index (χ3v) is 2.18. The zero-order valence-corrected chi connectivity index (χ0v) is 8.14. The number of halogens is 1. The highest BCUT2D eigenvalue weighted by Gasteiger charge is 2.14. The first-order chi connectivity index (χ1) is 6.25. The molecule has 1 atom stereocenters. The monoisotopic (exact) mass is 198 g/mol. The average Bonchev–Trinajstić information content (AvgIpc) is 2.25. The molecule has 4 heteroatoms. The molecule has 70 valence electrons. The maximum absolute atomic E-state index is 5.77. The van der Waals surface area contributed by atoms with Crippen molar-refractivity contribution in [2.75, 3.05) is 6.54 Å². The fourth-order valence-electron chi connectivity index (χ4n) is 1.33. The van der Waals surface area contributed by atoms with Gasteiger partial charge in [0.25, 0.3) is 0 Å². The van der Waals surface area contributed by atoms with Crippen molar-refractivity contribution in [3.8, 4) is 5.88 Å². The van der Waals surface area contributed by atoms with E-state index in [0.29, 0.717) is 11.0 Å². The van der Waals surface area contributed by atoms with Crippen LogP contribution in [0.3, 0.4) is 0 Å². The maximum Gasteiger partial charge on any atom is 0.219 e. The molecule has 0 amide bonds. The van der Waals surface area contributed by atoms with Crippen molar-refractivity contribution in [2.24, 2.45) is 0 Å². The van der Waals surface area contributed by atoms with Gasteiger partial charge in [-0.05, 0) is 19.1 Å². The summed E-state index contributed by atoms with van der Waals surface area (Å²) in [5, 5.41) is 3.74. The molecule has 0 bridgehead atoms. The standard InChI is InChI=1S/C9H11ClN2O/c1-6-4-11-5-7-2-3-8(10)12-9(7)13-6/h2-3,6,11H,4-5H2,1H3. The Bertz CT molecular complexity index is 316. The topological polar surface area (TPSA) is 34.2 Å². The number of aromatic nitrogens is 1. The average molecular weight is 199 g/mol. The van der Waals surface area contributed by atoms with Crippen LogP contribution in [0.4, 0.5) is 0 Å². The summed E-state index contributed by atoms with van der Waals surface area (Å²) in [4.78, 5) is 4.13. The molecule has 1 N–H and O–H groups in total. The van der Waals surface area contributed by atoms with Crippen LogP contribution in [-0.4, -0.2) is 17.6 Å². The van der Waals surface area contributed by atoms with E-state index in [4.69, 9.17) is 16.3 Å². The lowest BCUT2D eigenvalue weighted by Gasteiger charge is -2.10. The van der Waals surface area contributed by atoms with E-state index in [2.05, 4.69) is 10.3 Å². The van der Waals surface area contributed by atoms with Gasteiger partial charge in [0.1, 0.15) is 11.3 Å². The van der Waals surface area contributed by atoms with Crippen molar-refractivity contribution >= 4 is 11.6 Å². The van der Waals surface area contributed by atoms with Crippen LogP contribution in [0.15, 0.2) is 12.1 Å². The SMILES string of the molecule is CC1CNCc2ccc(Cl)nc2O1. The summed E-state index contributed by atoms with van der Waals surface area (Å²) >= 11 is 5.77. The Hall–Kier alpha value is -0.800. The number of rotatable bonds is 0. The Morgan fingerprint density at radius 1 is 1.62 bits per heavy atom. The molecule has 0 saturated heterocycles. The van der Waals surface area contributed by atoms with Crippen molar-refractivity contribution in [2.45, 2.75) is 19.6 Å². The van der Waals surface area contributed by atoms with E-state index in [0.717, 1.165) is 18.7 Å². The van der Waals surface area contributed by atoms with Crippen LogP contribution in [0.5, 0.6) is 5.88 Å². The van der Waals surface area contributed by atoms with E-state index >= 15 is 0 Å². The van der Waals surface area contributed by atoms with Crippen molar-refractivity contribution < 1.29 is 4.74 Å². The number of nitrogens with zero attached hydrogens (tertiary/aromatic N) is 1. The van der Waals surface area contributed by atoms with Gasteiger partial charge in [-0.15, -0.1) is 0 Å². The summed E-state index contributed by atoms with van der Waals surface area (Å²) in [6.45, 7) is 3.64. The first-order valence-corrected chi connectivity index (χ1v) is 4.66. The van der Waals surface area contributed by atoms with Gasteiger partial charge in [-0.3, -0.25) is 0 Å². The molecular weight excluding hydrogens is 188 g/mol. The lowest BCUT2D eigenvalue weighted by Crippen LogP contribution is -2.25. The molecule has 0 spiro atoms. The first kappa shape index (κ1) is 8.78. The van der Waals surface area contributed by atoms with Gasteiger partial charge in [-0.25, -0.2) is 4.98 Å². The van der Waals surface area contributed by atoms with Crippen LogP contribution in [0.25, 0.3) is 0 Å². The fraction of sp³-hybridized carbons (Fsp3) is 0.444. The normalized spacial score (nSPS) is 21.5. The summed E-state index contributed by atoms with van der Waals surface area (Å²) < 4.78 is 5.58. The molecule has 0 fully saturated rings. The fourth-order valence-corrected chi connectivity index (χ4v) is 1.47. The Kier molecular flexibility index (Phi) is 2.38. The van der Waals surface area contributed by atoms with Gasteiger partial charge in [0, 0.05) is 18.7 Å². The molecule has 1 aromatic rings. The van der Waals surface area contributed by atoms with Crippen LogP contribution in [-0.2, 0) is 6.54 Å². The number of hydrogen-bond donors (Lipinski definition) is 1. The second-order valence-electron chi connectivity index (χ2n) is 3.16. The lowest BCUT2D eigenvalue weighted by molar-refractivity contribution is 0.218. The third-order valence-electron chi connectivity index (χ3n) is 1.97. The number of pyridine rings is 1. The molecular formula is C9H11ClN2O. The molecule has 0 radical (unpaired) electrons. The number of hydrogen-bond acceptors (Lipinski definition) is 3. The Balaban J connectivity index is 2.35. The lowest BCUT2D eigenvalue weighted by atomic mass is 10.3. The van der Waals surface area contributed by atoms with Crippen LogP contribution >= 0.6 is 11.6 Å². The van der Waals surface area contributed by atoms with Crippen molar-refractivity contribution in [1.29, 1.82) is 0 Å². The molecule has 1 aromatic heterocycles. The zero-order valence-electron chi connectivity index (χ0n) is 7.38. The highest BCUT2D eigenvalue weighted by atomic mass is 35.5. The third kappa shape index (κ3) is 1.92. The van der Waals surface area contributed by atoms with E-state index in [1.807, 2.05) is 13.0 Å². The highest BCUT2D eigenvalue weighted by Crippen LogP contribution is 2.21. The van der Waals surface area contributed by atoms with Crippen LogP contribution in [0.1, 0.15) is 12.5 Å².